The predicted molar refractivity (Wildman–Crippen MR) is 55.7 cm³/mol. The summed E-state index contributed by atoms with van der Waals surface area (Å²) in [5.74, 6) is 0.772. The second-order valence-corrected chi connectivity index (χ2v) is 4.63. The van der Waals surface area contributed by atoms with Crippen LogP contribution >= 0.6 is 0 Å². The highest BCUT2D eigenvalue weighted by Gasteiger charge is 2.26. The smallest absolute Gasteiger partial charge is 0.0746 e. The molecule has 0 heterocycles. The fraction of sp³-hybridized carbons (Fsp3) is 1.00. The van der Waals surface area contributed by atoms with Crippen LogP contribution in [0.25, 0.3) is 0 Å². The predicted octanol–water partition coefficient (Wildman–Crippen LogP) is 1.93. The molecule has 1 rings (SSSR count). The lowest BCUT2D eigenvalue weighted by Gasteiger charge is -2.26. The number of rotatable bonds is 5. The van der Waals surface area contributed by atoms with Crippen molar-refractivity contribution in [1.82, 2.24) is 5.32 Å². The lowest BCUT2D eigenvalue weighted by Crippen LogP contribution is -2.39. The molecule has 1 atom stereocenters. The van der Waals surface area contributed by atoms with Gasteiger partial charge in [-0.3, -0.25) is 0 Å². The van der Waals surface area contributed by atoms with Crippen LogP contribution in [0.15, 0.2) is 0 Å². The van der Waals surface area contributed by atoms with E-state index in [0.717, 1.165) is 25.4 Å². The molecule has 2 nitrogen and oxygen atoms in total. The average molecular weight is 185 g/mol. The zero-order chi connectivity index (χ0) is 9.73. The van der Waals surface area contributed by atoms with Crippen LogP contribution in [-0.4, -0.2) is 23.8 Å². The maximum absolute atomic E-state index is 10.0. The molecule has 78 valence electrons. The maximum atomic E-state index is 10.0. The van der Waals surface area contributed by atoms with Gasteiger partial charge in [0.15, 0.2) is 0 Å². The van der Waals surface area contributed by atoms with Crippen LogP contribution in [-0.2, 0) is 0 Å². The zero-order valence-electron chi connectivity index (χ0n) is 8.97. The normalized spacial score (nSPS) is 23.3. The number of hydrogen-bond acceptors (Lipinski definition) is 2. The van der Waals surface area contributed by atoms with E-state index < -0.39 is 5.60 Å². The minimum Gasteiger partial charge on any atom is -0.389 e. The first-order valence-electron chi connectivity index (χ1n) is 5.57. The van der Waals surface area contributed by atoms with E-state index in [1.165, 1.54) is 25.7 Å². The summed E-state index contributed by atoms with van der Waals surface area (Å²) in [6, 6.07) is 0. The summed E-state index contributed by atoms with van der Waals surface area (Å²) in [6.45, 7) is 5.71. The summed E-state index contributed by atoms with van der Waals surface area (Å²) in [4.78, 5) is 0. The number of likely N-dealkylation sites (N-methyl/N-ethyl adjacent to an activating group) is 1. The van der Waals surface area contributed by atoms with Gasteiger partial charge in [-0.15, -0.1) is 0 Å². The van der Waals surface area contributed by atoms with E-state index in [9.17, 15) is 5.11 Å². The molecule has 13 heavy (non-hydrogen) atoms. The standard InChI is InChI=1S/C11H23NO/c1-3-12-9-11(2,13)8-10-6-4-5-7-10/h10,12-13H,3-9H2,1-2H3. The minimum atomic E-state index is -0.495. The monoisotopic (exact) mass is 185 g/mol. The van der Waals surface area contributed by atoms with Gasteiger partial charge in [0, 0.05) is 6.54 Å². The maximum Gasteiger partial charge on any atom is 0.0746 e. The van der Waals surface area contributed by atoms with Crippen LogP contribution < -0.4 is 5.32 Å². The Hall–Kier alpha value is -0.0800. The Morgan fingerprint density at radius 2 is 2.00 bits per heavy atom. The first kappa shape index (κ1) is 11.0. The molecule has 0 saturated heterocycles. The number of nitrogens with one attached hydrogen (secondary N) is 1. The van der Waals surface area contributed by atoms with Gasteiger partial charge < -0.3 is 10.4 Å². The minimum absolute atomic E-state index is 0.495. The van der Waals surface area contributed by atoms with Crippen LogP contribution in [0.4, 0.5) is 0 Å². The topological polar surface area (TPSA) is 32.3 Å². The molecule has 0 aliphatic heterocycles. The van der Waals surface area contributed by atoms with Crippen molar-refractivity contribution in [2.45, 2.75) is 51.6 Å². The molecule has 1 fully saturated rings. The van der Waals surface area contributed by atoms with E-state index in [0.29, 0.717) is 0 Å². The van der Waals surface area contributed by atoms with Crippen LogP contribution in [0.3, 0.4) is 0 Å². The quantitative estimate of drug-likeness (QED) is 0.686. The molecule has 0 aromatic carbocycles. The van der Waals surface area contributed by atoms with Crippen molar-refractivity contribution in [3.05, 3.63) is 0 Å². The van der Waals surface area contributed by atoms with E-state index in [-0.39, 0.29) is 0 Å². The van der Waals surface area contributed by atoms with Crippen molar-refractivity contribution >= 4 is 0 Å². The van der Waals surface area contributed by atoms with Crippen LogP contribution in [0.1, 0.15) is 46.0 Å². The van der Waals surface area contributed by atoms with Crippen molar-refractivity contribution < 1.29 is 5.11 Å². The summed E-state index contributed by atoms with van der Waals surface area (Å²) in [5, 5.41) is 13.3. The highest BCUT2D eigenvalue weighted by molar-refractivity contribution is 4.81. The van der Waals surface area contributed by atoms with Crippen molar-refractivity contribution in [1.29, 1.82) is 0 Å². The Labute approximate surface area is 81.7 Å². The number of aliphatic hydroxyl groups is 1. The largest absolute Gasteiger partial charge is 0.389 e. The van der Waals surface area contributed by atoms with Gasteiger partial charge >= 0.3 is 0 Å². The molecule has 1 aliphatic rings. The summed E-state index contributed by atoms with van der Waals surface area (Å²) >= 11 is 0. The first-order chi connectivity index (χ1) is 6.14. The highest BCUT2D eigenvalue weighted by atomic mass is 16.3. The van der Waals surface area contributed by atoms with Gasteiger partial charge in [0.2, 0.25) is 0 Å². The van der Waals surface area contributed by atoms with E-state index in [1.807, 2.05) is 6.92 Å². The second-order valence-electron chi connectivity index (χ2n) is 4.63. The van der Waals surface area contributed by atoms with Crippen molar-refractivity contribution in [2.75, 3.05) is 13.1 Å². The first-order valence-corrected chi connectivity index (χ1v) is 5.57. The van der Waals surface area contributed by atoms with Gasteiger partial charge in [-0.25, -0.2) is 0 Å². The van der Waals surface area contributed by atoms with Crippen LogP contribution in [0.5, 0.6) is 0 Å². The molecule has 0 aromatic heterocycles. The molecule has 0 spiro atoms. The second kappa shape index (κ2) is 4.97. The molecule has 1 saturated carbocycles. The van der Waals surface area contributed by atoms with Crippen molar-refractivity contribution in [2.24, 2.45) is 5.92 Å². The van der Waals surface area contributed by atoms with Gasteiger partial charge in [0.1, 0.15) is 0 Å². The fourth-order valence-electron chi connectivity index (χ4n) is 2.30. The van der Waals surface area contributed by atoms with Gasteiger partial charge in [0.05, 0.1) is 5.60 Å². The van der Waals surface area contributed by atoms with Crippen LogP contribution in [0, 0.1) is 5.92 Å². The zero-order valence-corrected chi connectivity index (χ0v) is 8.97. The van der Waals surface area contributed by atoms with Crippen molar-refractivity contribution in [3.63, 3.8) is 0 Å². The Morgan fingerprint density at radius 1 is 1.38 bits per heavy atom. The third-order valence-corrected chi connectivity index (χ3v) is 2.96. The molecule has 1 aliphatic carbocycles. The molecule has 0 aromatic rings. The number of hydrogen-bond donors (Lipinski definition) is 2. The third-order valence-electron chi connectivity index (χ3n) is 2.96. The van der Waals surface area contributed by atoms with E-state index >= 15 is 0 Å². The Morgan fingerprint density at radius 3 is 2.54 bits per heavy atom. The molecule has 1 unspecified atom stereocenters. The van der Waals surface area contributed by atoms with E-state index in [1.54, 1.807) is 0 Å². The molecular formula is C11H23NO. The van der Waals surface area contributed by atoms with Gasteiger partial charge in [-0.05, 0) is 25.8 Å². The lowest BCUT2D eigenvalue weighted by atomic mass is 9.91. The Bertz CT molecular complexity index is 139. The lowest BCUT2D eigenvalue weighted by molar-refractivity contribution is 0.0352. The SMILES string of the molecule is CCNCC(C)(O)CC1CCCC1. The average Bonchev–Trinajstić information content (AvgIpc) is 2.52. The van der Waals surface area contributed by atoms with Gasteiger partial charge in [-0.2, -0.15) is 0 Å². The Kier molecular flexibility index (Phi) is 4.20. The molecule has 0 bridgehead atoms. The van der Waals surface area contributed by atoms with E-state index in [2.05, 4.69) is 12.2 Å². The summed E-state index contributed by atoms with van der Waals surface area (Å²) < 4.78 is 0. The third kappa shape index (κ3) is 4.10. The summed E-state index contributed by atoms with van der Waals surface area (Å²) in [6.07, 6.45) is 6.34. The molecule has 0 amide bonds. The Balaban J connectivity index is 2.23. The van der Waals surface area contributed by atoms with Crippen LogP contribution in [0.2, 0.25) is 0 Å². The fourth-order valence-corrected chi connectivity index (χ4v) is 2.30. The summed E-state index contributed by atoms with van der Waals surface area (Å²) in [7, 11) is 0. The van der Waals surface area contributed by atoms with E-state index in [4.69, 9.17) is 0 Å². The molecule has 0 radical (unpaired) electrons. The molecule has 2 heteroatoms. The van der Waals surface area contributed by atoms with Gasteiger partial charge in [-0.1, -0.05) is 32.6 Å². The summed E-state index contributed by atoms with van der Waals surface area (Å²) in [5.41, 5.74) is -0.495. The molecular weight excluding hydrogens is 162 g/mol. The van der Waals surface area contributed by atoms with Gasteiger partial charge in [0.25, 0.3) is 0 Å². The van der Waals surface area contributed by atoms with Crippen molar-refractivity contribution in [3.8, 4) is 0 Å². The highest BCUT2D eigenvalue weighted by Crippen LogP contribution is 2.31. The molecule has 2 N–H and O–H groups in total.